The number of hydrogen-bond acceptors (Lipinski definition) is 3. The van der Waals surface area contributed by atoms with Gasteiger partial charge in [-0.3, -0.25) is 14.5 Å². The van der Waals surface area contributed by atoms with Crippen LogP contribution in [0.4, 0.5) is 5.69 Å². The molecule has 37 heavy (non-hydrogen) atoms. The molecular formula is C31H36N3O2S+. The molecule has 0 bridgehead atoms. The van der Waals surface area contributed by atoms with Crippen LogP contribution in [-0.2, 0) is 16.1 Å². The minimum Gasteiger partial charge on any atom is -0.354 e. The van der Waals surface area contributed by atoms with E-state index in [1.165, 1.54) is 27.8 Å². The molecule has 1 aliphatic rings. The zero-order valence-electron chi connectivity index (χ0n) is 21.9. The van der Waals surface area contributed by atoms with Gasteiger partial charge in [0, 0.05) is 23.4 Å². The Balaban J connectivity index is 1.36. The van der Waals surface area contributed by atoms with Crippen molar-refractivity contribution in [1.29, 1.82) is 0 Å². The van der Waals surface area contributed by atoms with Gasteiger partial charge in [0.2, 0.25) is 5.91 Å². The van der Waals surface area contributed by atoms with Crippen LogP contribution in [0, 0.1) is 6.92 Å². The third-order valence-electron chi connectivity index (χ3n) is 6.60. The predicted octanol–water partition coefficient (Wildman–Crippen LogP) is 4.47. The number of para-hydroxylation sites is 1. The fraction of sp³-hybridized carbons (Fsp3) is 0.290. The molecule has 0 spiro atoms. The summed E-state index contributed by atoms with van der Waals surface area (Å²) in [6.07, 6.45) is 2.79. The maximum atomic E-state index is 13.4. The Morgan fingerprint density at radius 1 is 1.00 bits per heavy atom. The van der Waals surface area contributed by atoms with Gasteiger partial charge < -0.3 is 10.2 Å². The van der Waals surface area contributed by atoms with Crippen LogP contribution in [0.3, 0.4) is 0 Å². The molecule has 6 heteroatoms. The van der Waals surface area contributed by atoms with E-state index in [0.717, 1.165) is 35.7 Å². The molecule has 2 N–H and O–H groups in total. The zero-order chi connectivity index (χ0) is 26.2. The fourth-order valence-electron chi connectivity index (χ4n) is 4.42. The highest BCUT2D eigenvalue weighted by Gasteiger charge is 2.30. The maximum absolute atomic E-state index is 13.4. The van der Waals surface area contributed by atoms with Crippen molar-refractivity contribution in [1.82, 2.24) is 5.32 Å². The summed E-state index contributed by atoms with van der Waals surface area (Å²) in [6, 6.07) is 26.9. The Labute approximate surface area is 224 Å². The molecule has 192 valence electrons. The number of carbonyl (C=O) groups is 2. The van der Waals surface area contributed by atoms with E-state index in [1.807, 2.05) is 67.6 Å². The van der Waals surface area contributed by atoms with Crippen LogP contribution in [0.25, 0.3) is 6.08 Å². The largest absolute Gasteiger partial charge is 0.354 e. The lowest BCUT2D eigenvalue weighted by atomic mass is 10.1. The van der Waals surface area contributed by atoms with Gasteiger partial charge >= 0.3 is 0 Å². The van der Waals surface area contributed by atoms with E-state index in [1.54, 1.807) is 4.90 Å². The van der Waals surface area contributed by atoms with Crippen molar-refractivity contribution in [3.05, 3.63) is 100 Å². The molecule has 3 aromatic rings. The van der Waals surface area contributed by atoms with Gasteiger partial charge in [0.15, 0.2) is 0 Å². The quantitative estimate of drug-likeness (QED) is 0.310. The van der Waals surface area contributed by atoms with Crippen molar-refractivity contribution in [3.63, 3.8) is 0 Å². The molecule has 0 saturated heterocycles. The smallest absolute Gasteiger partial charge is 0.265 e. The highest BCUT2D eigenvalue weighted by molar-refractivity contribution is 8.04. The zero-order valence-corrected chi connectivity index (χ0v) is 22.7. The minimum atomic E-state index is -0.141. The van der Waals surface area contributed by atoms with Crippen LogP contribution in [0.5, 0.6) is 0 Å². The minimum absolute atomic E-state index is 0.00636. The number of nitrogens with zero attached hydrogens (tertiary/aromatic N) is 1. The van der Waals surface area contributed by atoms with Gasteiger partial charge in [-0.05, 0) is 44.5 Å². The molecule has 0 radical (unpaired) electrons. The summed E-state index contributed by atoms with van der Waals surface area (Å²) in [7, 11) is 0. The Morgan fingerprint density at radius 3 is 2.43 bits per heavy atom. The second kappa shape index (κ2) is 12.7. The first-order valence-electron chi connectivity index (χ1n) is 12.9. The van der Waals surface area contributed by atoms with Crippen molar-refractivity contribution < 1.29 is 14.5 Å². The van der Waals surface area contributed by atoms with Crippen molar-refractivity contribution >= 4 is 35.3 Å². The molecule has 3 aromatic carbocycles. The molecule has 1 heterocycles. The van der Waals surface area contributed by atoms with Crippen molar-refractivity contribution in [2.75, 3.05) is 24.5 Å². The molecule has 4 rings (SSSR count). The number of nitrogens with one attached hydrogen (secondary N) is 2. The number of anilines is 1. The number of thioether (sulfide) groups is 1. The Bertz CT molecular complexity index is 1240. The first-order valence-corrected chi connectivity index (χ1v) is 13.7. The van der Waals surface area contributed by atoms with E-state index >= 15 is 0 Å². The number of quaternary nitrogens is 1. The van der Waals surface area contributed by atoms with E-state index in [2.05, 4.69) is 43.4 Å². The Hall–Kier alpha value is -3.35. The molecule has 1 unspecified atom stereocenters. The number of carbonyl (C=O) groups excluding carboxylic acids is 2. The molecule has 1 aliphatic heterocycles. The lowest BCUT2D eigenvalue weighted by molar-refractivity contribution is -0.935. The van der Waals surface area contributed by atoms with E-state index < -0.39 is 0 Å². The van der Waals surface area contributed by atoms with Crippen LogP contribution in [0.1, 0.15) is 37.0 Å². The summed E-state index contributed by atoms with van der Waals surface area (Å²) in [5, 5.41) is 3.04. The second-order valence-electron chi connectivity index (χ2n) is 9.81. The number of fused-ring (bicyclic) bond motifs is 1. The third-order valence-corrected chi connectivity index (χ3v) is 7.67. The molecule has 5 nitrogen and oxygen atoms in total. The SMILES string of the molecule is Cc1ccc(C=C2Sc3ccccc3N(CC(=O)NCCC[NH+](Cc3ccccc3)C(C)C)C2=O)cc1. The molecule has 0 fully saturated rings. The lowest BCUT2D eigenvalue weighted by Crippen LogP contribution is -3.13. The molecule has 1 atom stereocenters. The van der Waals surface area contributed by atoms with Gasteiger partial charge in [-0.2, -0.15) is 0 Å². The summed E-state index contributed by atoms with van der Waals surface area (Å²) < 4.78 is 0. The highest BCUT2D eigenvalue weighted by atomic mass is 32.2. The second-order valence-corrected chi connectivity index (χ2v) is 10.9. The molecule has 0 aliphatic carbocycles. The van der Waals surface area contributed by atoms with Gasteiger partial charge in [0.1, 0.15) is 13.1 Å². The van der Waals surface area contributed by atoms with Gasteiger partial charge in [0.05, 0.1) is 23.2 Å². The number of rotatable bonds is 10. The van der Waals surface area contributed by atoms with E-state index in [4.69, 9.17) is 0 Å². The first kappa shape index (κ1) is 26.7. The van der Waals surface area contributed by atoms with Gasteiger partial charge in [-0.25, -0.2) is 0 Å². The lowest BCUT2D eigenvalue weighted by Gasteiger charge is -2.30. The Kier molecular flexibility index (Phi) is 9.20. The van der Waals surface area contributed by atoms with E-state index in [9.17, 15) is 9.59 Å². The summed E-state index contributed by atoms with van der Waals surface area (Å²) in [5.74, 6) is -0.281. The van der Waals surface area contributed by atoms with Gasteiger partial charge in [-0.15, -0.1) is 0 Å². The monoisotopic (exact) mass is 514 g/mol. The van der Waals surface area contributed by atoms with Crippen LogP contribution in [0.15, 0.2) is 88.7 Å². The molecule has 0 aromatic heterocycles. The van der Waals surface area contributed by atoms with Crippen LogP contribution >= 0.6 is 11.8 Å². The molecule has 0 saturated carbocycles. The van der Waals surface area contributed by atoms with Gasteiger partial charge in [0.25, 0.3) is 5.91 Å². The summed E-state index contributed by atoms with van der Waals surface area (Å²) >= 11 is 1.46. The summed E-state index contributed by atoms with van der Waals surface area (Å²) in [4.78, 5) is 31.0. The van der Waals surface area contributed by atoms with E-state index in [-0.39, 0.29) is 18.4 Å². The Morgan fingerprint density at radius 2 is 1.70 bits per heavy atom. The molecular weight excluding hydrogens is 478 g/mol. The van der Waals surface area contributed by atoms with E-state index in [0.29, 0.717) is 17.5 Å². The number of aryl methyl sites for hydroxylation is 1. The van der Waals surface area contributed by atoms with Crippen molar-refractivity contribution in [2.45, 2.75) is 44.7 Å². The highest BCUT2D eigenvalue weighted by Crippen LogP contribution is 2.41. The average molecular weight is 515 g/mol. The van der Waals surface area contributed by atoms with Crippen LogP contribution in [0.2, 0.25) is 0 Å². The maximum Gasteiger partial charge on any atom is 0.265 e. The first-order chi connectivity index (χ1) is 17.9. The summed E-state index contributed by atoms with van der Waals surface area (Å²) in [6.45, 7) is 9.05. The third kappa shape index (κ3) is 7.34. The molecule has 2 amide bonds. The summed E-state index contributed by atoms with van der Waals surface area (Å²) in [5.41, 5.74) is 4.25. The predicted molar refractivity (Wildman–Crippen MR) is 153 cm³/mol. The fourth-order valence-corrected chi connectivity index (χ4v) is 5.47. The topological polar surface area (TPSA) is 53.9 Å². The van der Waals surface area contributed by atoms with Crippen LogP contribution < -0.4 is 15.1 Å². The van der Waals surface area contributed by atoms with Crippen molar-refractivity contribution in [3.8, 4) is 0 Å². The van der Waals surface area contributed by atoms with Gasteiger partial charge in [-0.1, -0.05) is 84.1 Å². The number of hydrogen-bond donors (Lipinski definition) is 2. The van der Waals surface area contributed by atoms with Crippen molar-refractivity contribution in [2.24, 2.45) is 0 Å². The van der Waals surface area contributed by atoms with Crippen LogP contribution in [-0.4, -0.2) is 37.5 Å². The average Bonchev–Trinajstić information content (AvgIpc) is 2.90. The normalized spacial score (nSPS) is 15.1. The standard InChI is InChI=1S/C31H35N3O2S/c1-23(2)33(21-26-10-5-4-6-11-26)19-9-18-32-30(35)22-34-27-12-7-8-13-28(27)37-29(31(34)36)20-25-16-14-24(3)15-17-25/h4-8,10-17,20,23H,9,18-19,21-22H2,1-3H3,(H,32,35)/p+1. The number of benzene rings is 3. The number of amides is 2.